The Labute approximate surface area is 198 Å². The minimum atomic E-state index is -0.451. The van der Waals surface area contributed by atoms with Crippen molar-refractivity contribution >= 4 is 28.9 Å². The molecule has 0 bridgehead atoms. The van der Waals surface area contributed by atoms with Crippen molar-refractivity contribution in [1.82, 2.24) is 15.5 Å². The van der Waals surface area contributed by atoms with E-state index in [9.17, 15) is 9.18 Å². The lowest BCUT2D eigenvalue weighted by Gasteiger charge is -2.28. The highest BCUT2D eigenvalue weighted by atomic mass is 35.5. The Morgan fingerprint density at radius 2 is 2.15 bits per heavy atom. The van der Waals surface area contributed by atoms with Gasteiger partial charge in [0.1, 0.15) is 17.4 Å². The van der Waals surface area contributed by atoms with Crippen LogP contribution in [0.25, 0.3) is 0 Å². The SMILES string of the molecule is CC1=N/C(=C2\CN(C(=O)c3ccc(F)cc3OCC3CCN[C@@H](C)C3)CC2=N)NC(C)=C1Cl. The molecule has 0 aliphatic carbocycles. The molecule has 0 aromatic heterocycles. The van der Waals surface area contributed by atoms with Gasteiger partial charge in [0.05, 0.1) is 41.7 Å². The number of ether oxygens (including phenoxy) is 1. The van der Waals surface area contributed by atoms with Gasteiger partial charge in [-0.25, -0.2) is 9.38 Å². The summed E-state index contributed by atoms with van der Waals surface area (Å²) in [6.45, 7) is 7.51. The molecule has 2 fully saturated rings. The predicted octanol–water partition coefficient (Wildman–Crippen LogP) is 3.81. The van der Waals surface area contributed by atoms with Gasteiger partial charge in [0.25, 0.3) is 5.91 Å². The maximum atomic E-state index is 14.0. The van der Waals surface area contributed by atoms with Crippen LogP contribution in [0.5, 0.6) is 5.75 Å². The van der Waals surface area contributed by atoms with Crippen molar-refractivity contribution in [3.8, 4) is 5.75 Å². The fourth-order valence-corrected chi connectivity index (χ4v) is 4.53. The lowest BCUT2D eigenvalue weighted by atomic mass is 9.94. The van der Waals surface area contributed by atoms with Crippen molar-refractivity contribution in [2.75, 3.05) is 26.2 Å². The monoisotopic (exact) mass is 473 g/mol. The summed E-state index contributed by atoms with van der Waals surface area (Å²) in [4.78, 5) is 19.4. The molecular weight excluding hydrogens is 445 g/mol. The van der Waals surface area contributed by atoms with Gasteiger partial charge in [0, 0.05) is 23.4 Å². The van der Waals surface area contributed by atoms with Gasteiger partial charge in [0.15, 0.2) is 0 Å². The Balaban J connectivity index is 1.52. The number of amides is 1. The highest BCUT2D eigenvalue weighted by Crippen LogP contribution is 2.28. The quantitative estimate of drug-likeness (QED) is 0.620. The minimum absolute atomic E-state index is 0.146. The van der Waals surface area contributed by atoms with Gasteiger partial charge in [-0.3, -0.25) is 4.79 Å². The van der Waals surface area contributed by atoms with Crippen molar-refractivity contribution in [1.29, 1.82) is 5.41 Å². The van der Waals surface area contributed by atoms with Crippen LogP contribution in [0.1, 0.15) is 44.0 Å². The number of nitrogens with one attached hydrogen (secondary N) is 3. The van der Waals surface area contributed by atoms with E-state index in [1.54, 1.807) is 11.8 Å². The van der Waals surface area contributed by atoms with Crippen LogP contribution in [-0.2, 0) is 0 Å². The molecule has 3 N–H and O–H groups in total. The average Bonchev–Trinajstić information content (AvgIpc) is 3.17. The molecule has 1 aromatic rings. The Kier molecular flexibility index (Phi) is 6.86. The maximum Gasteiger partial charge on any atom is 0.258 e. The van der Waals surface area contributed by atoms with E-state index in [0.29, 0.717) is 52.0 Å². The fraction of sp³-hybridized carbons (Fsp3) is 0.458. The van der Waals surface area contributed by atoms with Crippen molar-refractivity contribution in [2.24, 2.45) is 10.9 Å². The highest BCUT2D eigenvalue weighted by Gasteiger charge is 2.32. The summed E-state index contributed by atoms with van der Waals surface area (Å²) in [6.07, 6.45) is 1.96. The highest BCUT2D eigenvalue weighted by molar-refractivity contribution is 6.43. The second kappa shape index (κ2) is 9.65. The normalized spacial score (nSPS) is 25.8. The van der Waals surface area contributed by atoms with Gasteiger partial charge in [0.2, 0.25) is 0 Å². The molecule has 3 heterocycles. The van der Waals surface area contributed by atoms with Crippen molar-refractivity contribution in [3.05, 3.63) is 51.7 Å². The summed E-state index contributed by atoms with van der Waals surface area (Å²) >= 11 is 6.21. The molecule has 2 saturated heterocycles. The van der Waals surface area contributed by atoms with Crippen molar-refractivity contribution in [2.45, 2.75) is 39.7 Å². The molecule has 1 aromatic carbocycles. The Bertz CT molecular complexity index is 1080. The standard InChI is InChI=1S/C24H29ClFN5O2/c1-13-8-16(6-7-28-13)12-33-21-9-17(26)4-5-18(21)24(32)31-10-19(20(27)11-31)23-29-14(2)22(25)15(3)30-23/h4-5,9,13,16,27-29H,6-8,10-12H2,1-3H3/b23-19+,27-20?/t13-,16?/m0/s1. The number of allylic oxidation sites excluding steroid dienone is 2. The Morgan fingerprint density at radius 1 is 1.36 bits per heavy atom. The van der Waals surface area contributed by atoms with Crippen LogP contribution in [-0.4, -0.2) is 54.5 Å². The van der Waals surface area contributed by atoms with Crippen LogP contribution in [0, 0.1) is 17.1 Å². The van der Waals surface area contributed by atoms with E-state index in [1.807, 2.05) is 6.92 Å². The Hall–Kier alpha value is -2.71. The molecule has 176 valence electrons. The zero-order valence-corrected chi connectivity index (χ0v) is 19.9. The maximum absolute atomic E-state index is 14.0. The van der Waals surface area contributed by atoms with E-state index in [4.69, 9.17) is 21.7 Å². The first-order valence-electron chi connectivity index (χ1n) is 11.2. The predicted molar refractivity (Wildman–Crippen MR) is 128 cm³/mol. The zero-order chi connectivity index (χ0) is 23.7. The lowest BCUT2D eigenvalue weighted by molar-refractivity contribution is 0.0797. The van der Waals surface area contributed by atoms with Crippen molar-refractivity contribution in [3.63, 3.8) is 0 Å². The summed E-state index contributed by atoms with van der Waals surface area (Å²) in [7, 11) is 0. The molecule has 1 amide bonds. The molecule has 1 unspecified atom stereocenters. The van der Waals surface area contributed by atoms with E-state index in [1.165, 1.54) is 18.2 Å². The molecule has 0 saturated carbocycles. The fourth-order valence-electron chi connectivity index (χ4n) is 4.44. The van der Waals surface area contributed by atoms with Crippen LogP contribution in [0.4, 0.5) is 4.39 Å². The van der Waals surface area contributed by atoms with Gasteiger partial charge in [-0.05, 0) is 58.2 Å². The number of carbonyl (C=O) groups is 1. The summed E-state index contributed by atoms with van der Waals surface area (Å²) in [6, 6.07) is 4.40. The molecule has 0 spiro atoms. The number of hydrogen-bond acceptors (Lipinski definition) is 6. The average molecular weight is 474 g/mol. The first kappa shape index (κ1) is 23.4. The lowest BCUT2D eigenvalue weighted by Crippen LogP contribution is -2.37. The Morgan fingerprint density at radius 3 is 2.88 bits per heavy atom. The number of hydrogen-bond donors (Lipinski definition) is 3. The number of nitrogens with zero attached hydrogens (tertiary/aromatic N) is 2. The summed E-state index contributed by atoms with van der Waals surface area (Å²) in [5, 5.41) is 15.5. The smallest absolute Gasteiger partial charge is 0.258 e. The third-order valence-corrected chi connectivity index (χ3v) is 6.81. The van der Waals surface area contributed by atoms with Crippen LogP contribution >= 0.6 is 11.6 Å². The number of carbonyl (C=O) groups excluding carboxylic acids is 1. The van der Waals surface area contributed by atoms with Gasteiger partial charge in [-0.15, -0.1) is 0 Å². The molecule has 2 atom stereocenters. The summed E-state index contributed by atoms with van der Waals surface area (Å²) < 4.78 is 20.0. The second-order valence-electron chi connectivity index (χ2n) is 8.93. The number of halogens is 2. The second-order valence-corrected chi connectivity index (χ2v) is 9.30. The third-order valence-electron chi connectivity index (χ3n) is 6.25. The molecule has 3 aliphatic rings. The van der Waals surface area contributed by atoms with Gasteiger partial charge in [-0.2, -0.15) is 0 Å². The van der Waals surface area contributed by atoms with Crippen LogP contribution in [0.15, 0.2) is 45.3 Å². The minimum Gasteiger partial charge on any atom is -0.492 e. The topological polar surface area (TPSA) is 89.8 Å². The van der Waals surface area contributed by atoms with Crippen LogP contribution in [0.2, 0.25) is 0 Å². The molecule has 9 heteroatoms. The van der Waals surface area contributed by atoms with Gasteiger partial charge < -0.3 is 25.7 Å². The van der Waals surface area contributed by atoms with E-state index < -0.39 is 5.82 Å². The number of benzene rings is 1. The number of rotatable bonds is 4. The van der Waals surface area contributed by atoms with Crippen LogP contribution in [0.3, 0.4) is 0 Å². The summed E-state index contributed by atoms with van der Waals surface area (Å²) in [5.74, 6) is 0.378. The largest absolute Gasteiger partial charge is 0.492 e. The first-order chi connectivity index (χ1) is 15.7. The van der Waals surface area contributed by atoms with E-state index >= 15 is 0 Å². The molecule has 33 heavy (non-hydrogen) atoms. The van der Waals surface area contributed by atoms with Gasteiger partial charge in [-0.1, -0.05) is 11.6 Å². The molecule has 7 nitrogen and oxygen atoms in total. The third kappa shape index (κ3) is 5.12. The van der Waals surface area contributed by atoms with Crippen LogP contribution < -0.4 is 15.4 Å². The van der Waals surface area contributed by atoms with Gasteiger partial charge >= 0.3 is 0 Å². The summed E-state index contributed by atoms with van der Waals surface area (Å²) in [5.41, 5.74) is 2.66. The van der Waals surface area contributed by atoms with Crippen molar-refractivity contribution < 1.29 is 13.9 Å². The molecule has 0 radical (unpaired) electrons. The van der Waals surface area contributed by atoms with E-state index in [2.05, 4.69) is 22.5 Å². The first-order valence-corrected chi connectivity index (χ1v) is 11.6. The van der Waals surface area contributed by atoms with E-state index in [-0.39, 0.29) is 24.7 Å². The molecule has 3 aliphatic heterocycles. The van der Waals surface area contributed by atoms with E-state index in [0.717, 1.165) is 25.1 Å². The molecule has 4 rings (SSSR count). The zero-order valence-electron chi connectivity index (χ0n) is 19.1. The molecular formula is C24H29ClFN5O2. The number of aliphatic imine (C=N–C) groups is 1. The number of piperidine rings is 1. The number of likely N-dealkylation sites (tertiary alicyclic amines) is 1.